The molecule has 0 radical (unpaired) electrons. The molecule has 3 aromatic carbocycles. The van der Waals surface area contributed by atoms with E-state index in [9.17, 15) is 14.0 Å². The zero-order valence-corrected chi connectivity index (χ0v) is 18.0. The van der Waals surface area contributed by atoms with Gasteiger partial charge in [-0.05, 0) is 55.3 Å². The molecule has 0 aliphatic carbocycles. The Morgan fingerprint density at radius 3 is 2.67 bits per heavy atom. The fourth-order valence-electron chi connectivity index (χ4n) is 3.84. The molecule has 5 rings (SSSR count). The van der Waals surface area contributed by atoms with Gasteiger partial charge in [0.05, 0.1) is 5.52 Å². The molecular weight excluding hydrogens is 421 g/mol. The van der Waals surface area contributed by atoms with Gasteiger partial charge < -0.3 is 5.32 Å². The molecule has 1 amide bonds. The lowest BCUT2D eigenvalue weighted by Crippen LogP contribution is -2.32. The van der Waals surface area contributed by atoms with E-state index in [2.05, 4.69) is 15.4 Å². The summed E-state index contributed by atoms with van der Waals surface area (Å²) in [4.78, 5) is 30.7. The zero-order valence-electron chi connectivity index (χ0n) is 18.0. The third-order valence-corrected chi connectivity index (χ3v) is 5.51. The summed E-state index contributed by atoms with van der Waals surface area (Å²) in [5.74, 6) is -0.521. The van der Waals surface area contributed by atoms with E-state index < -0.39 is 11.5 Å². The minimum Gasteiger partial charge on any atom is -0.324 e. The average molecular weight is 441 g/mol. The van der Waals surface area contributed by atoms with Crippen molar-refractivity contribution in [2.24, 2.45) is 0 Å². The molecule has 5 aromatic rings. The third kappa shape index (κ3) is 3.76. The van der Waals surface area contributed by atoms with E-state index in [0.29, 0.717) is 27.8 Å². The predicted octanol–water partition coefficient (Wildman–Crippen LogP) is 4.11. The number of hydrogen-bond donors (Lipinski definition) is 1. The van der Waals surface area contributed by atoms with E-state index in [0.717, 1.165) is 15.6 Å². The van der Waals surface area contributed by atoms with Crippen molar-refractivity contribution in [3.63, 3.8) is 0 Å². The summed E-state index contributed by atoms with van der Waals surface area (Å²) in [6.45, 7) is 3.66. The van der Waals surface area contributed by atoms with E-state index >= 15 is 0 Å². The molecule has 0 aliphatic rings. The number of carbonyl (C=O) groups is 1. The van der Waals surface area contributed by atoms with Crippen LogP contribution in [0.25, 0.3) is 27.9 Å². The standard InChI is InChI=1S/C25H20FN5O2/c1-15-10-11-16(2)20(12-15)27-22(32)14-30-21-9-4-3-8-19(21)24-28-23(29-31(24)25(30)33)17-6-5-7-18(26)13-17/h3-13H,14H2,1-2H3,(H,27,32). The lowest BCUT2D eigenvalue weighted by molar-refractivity contribution is -0.116. The van der Waals surface area contributed by atoms with Gasteiger partial charge in [-0.2, -0.15) is 4.52 Å². The molecule has 0 unspecified atom stereocenters. The average Bonchev–Trinajstić information content (AvgIpc) is 3.25. The topological polar surface area (TPSA) is 81.3 Å². The number of halogens is 1. The van der Waals surface area contributed by atoms with Crippen molar-refractivity contribution < 1.29 is 9.18 Å². The van der Waals surface area contributed by atoms with Crippen LogP contribution in [0.1, 0.15) is 11.1 Å². The second-order valence-corrected chi connectivity index (χ2v) is 7.93. The van der Waals surface area contributed by atoms with Gasteiger partial charge in [0.15, 0.2) is 11.5 Å². The van der Waals surface area contributed by atoms with Crippen molar-refractivity contribution in [3.05, 3.63) is 94.2 Å². The van der Waals surface area contributed by atoms with E-state index in [1.807, 2.05) is 44.2 Å². The molecule has 0 aliphatic heterocycles. The molecular formula is C25H20FN5O2. The highest BCUT2D eigenvalue weighted by Gasteiger charge is 2.18. The molecule has 0 saturated heterocycles. The van der Waals surface area contributed by atoms with Crippen LogP contribution in [0.5, 0.6) is 0 Å². The smallest absolute Gasteiger partial charge is 0.324 e. The Labute approximate surface area is 188 Å². The maximum absolute atomic E-state index is 13.7. The number of anilines is 1. The molecule has 7 nitrogen and oxygen atoms in total. The Bertz CT molecular complexity index is 1600. The summed E-state index contributed by atoms with van der Waals surface area (Å²) in [7, 11) is 0. The molecule has 33 heavy (non-hydrogen) atoms. The summed E-state index contributed by atoms with van der Waals surface area (Å²) in [5, 5.41) is 7.88. The summed E-state index contributed by atoms with van der Waals surface area (Å²) in [6.07, 6.45) is 0. The molecule has 0 saturated carbocycles. The fourth-order valence-corrected chi connectivity index (χ4v) is 3.84. The van der Waals surface area contributed by atoms with Crippen molar-refractivity contribution in [3.8, 4) is 11.4 Å². The third-order valence-electron chi connectivity index (χ3n) is 5.51. The largest absolute Gasteiger partial charge is 0.351 e. The maximum atomic E-state index is 13.7. The number of nitrogens with one attached hydrogen (secondary N) is 1. The molecule has 0 bridgehead atoms. The quantitative estimate of drug-likeness (QED) is 0.455. The van der Waals surface area contributed by atoms with Gasteiger partial charge in [-0.1, -0.05) is 36.4 Å². The van der Waals surface area contributed by atoms with Crippen molar-refractivity contribution in [1.82, 2.24) is 19.2 Å². The number of para-hydroxylation sites is 1. The highest BCUT2D eigenvalue weighted by Crippen LogP contribution is 2.22. The highest BCUT2D eigenvalue weighted by atomic mass is 19.1. The summed E-state index contributed by atoms with van der Waals surface area (Å²) < 4.78 is 16.2. The lowest BCUT2D eigenvalue weighted by atomic mass is 10.1. The first-order valence-electron chi connectivity index (χ1n) is 10.4. The van der Waals surface area contributed by atoms with Gasteiger partial charge in [0.25, 0.3) is 0 Å². The number of carbonyl (C=O) groups excluding carboxylic acids is 1. The fraction of sp³-hybridized carbons (Fsp3) is 0.120. The van der Waals surface area contributed by atoms with Crippen molar-refractivity contribution in [1.29, 1.82) is 0 Å². The summed E-state index contributed by atoms with van der Waals surface area (Å²) in [6, 6.07) is 18.9. The number of aromatic nitrogens is 4. The Hall–Kier alpha value is -4.33. The number of amides is 1. The predicted molar refractivity (Wildman–Crippen MR) is 125 cm³/mol. The van der Waals surface area contributed by atoms with Crippen LogP contribution in [0.4, 0.5) is 10.1 Å². The molecule has 164 valence electrons. The van der Waals surface area contributed by atoms with E-state index in [4.69, 9.17) is 0 Å². The number of nitrogens with zero attached hydrogens (tertiary/aromatic N) is 4. The molecule has 0 fully saturated rings. The maximum Gasteiger partial charge on any atom is 0.351 e. The first-order valence-corrected chi connectivity index (χ1v) is 10.4. The summed E-state index contributed by atoms with van der Waals surface area (Å²) >= 11 is 0. The zero-order chi connectivity index (χ0) is 23.1. The van der Waals surface area contributed by atoms with E-state index in [-0.39, 0.29) is 18.3 Å². The van der Waals surface area contributed by atoms with Gasteiger partial charge in [0.2, 0.25) is 5.91 Å². The Morgan fingerprint density at radius 2 is 1.85 bits per heavy atom. The number of aryl methyl sites for hydroxylation is 2. The molecule has 2 heterocycles. The minimum atomic E-state index is -0.505. The molecule has 0 spiro atoms. The first kappa shape index (κ1) is 20.6. The van der Waals surface area contributed by atoms with Crippen LogP contribution >= 0.6 is 0 Å². The first-order chi connectivity index (χ1) is 15.9. The lowest BCUT2D eigenvalue weighted by Gasteiger charge is -2.13. The number of hydrogen-bond acceptors (Lipinski definition) is 4. The summed E-state index contributed by atoms with van der Waals surface area (Å²) in [5.41, 5.74) is 3.51. The molecule has 8 heteroatoms. The minimum absolute atomic E-state index is 0.197. The van der Waals surface area contributed by atoms with Gasteiger partial charge in [-0.3, -0.25) is 9.36 Å². The Morgan fingerprint density at radius 1 is 1.03 bits per heavy atom. The van der Waals surface area contributed by atoms with Crippen LogP contribution in [0.2, 0.25) is 0 Å². The van der Waals surface area contributed by atoms with E-state index in [1.54, 1.807) is 24.3 Å². The SMILES string of the molecule is Cc1ccc(C)c(NC(=O)Cn2c(=O)n3nc(-c4cccc(F)c4)nc3c3ccccc32)c1. The second-order valence-electron chi connectivity index (χ2n) is 7.93. The normalized spacial score (nSPS) is 11.2. The Kier molecular flexibility index (Phi) is 4.97. The number of fused-ring (bicyclic) bond motifs is 3. The second kappa shape index (κ2) is 7.98. The van der Waals surface area contributed by atoms with Crippen molar-refractivity contribution >= 4 is 28.1 Å². The monoisotopic (exact) mass is 441 g/mol. The Balaban J connectivity index is 1.61. The number of rotatable bonds is 4. The van der Waals surface area contributed by atoms with Gasteiger partial charge in [0, 0.05) is 16.6 Å². The van der Waals surface area contributed by atoms with Crippen LogP contribution in [0, 0.1) is 19.7 Å². The van der Waals surface area contributed by atoms with Crippen LogP contribution in [-0.4, -0.2) is 25.1 Å². The molecule has 1 N–H and O–H groups in total. The van der Waals surface area contributed by atoms with Gasteiger partial charge in [-0.25, -0.2) is 14.2 Å². The van der Waals surface area contributed by atoms with Crippen molar-refractivity contribution in [2.45, 2.75) is 20.4 Å². The van der Waals surface area contributed by atoms with Crippen LogP contribution in [0.3, 0.4) is 0 Å². The van der Waals surface area contributed by atoms with E-state index in [1.165, 1.54) is 16.7 Å². The van der Waals surface area contributed by atoms with Crippen molar-refractivity contribution in [2.75, 3.05) is 5.32 Å². The van der Waals surface area contributed by atoms with Crippen LogP contribution in [-0.2, 0) is 11.3 Å². The molecule has 2 aromatic heterocycles. The van der Waals surface area contributed by atoms with Gasteiger partial charge in [0.1, 0.15) is 12.4 Å². The van der Waals surface area contributed by atoms with Crippen LogP contribution < -0.4 is 11.0 Å². The highest BCUT2D eigenvalue weighted by molar-refractivity contribution is 5.95. The van der Waals surface area contributed by atoms with Gasteiger partial charge >= 0.3 is 5.69 Å². The van der Waals surface area contributed by atoms with Crippen LogP contribution in [0.15, 0.2) is 71.5 Å². The van der Waals surface area contributed by atoms with Gasteiger partial charge in [-0.15, -0.1) is 5.10 Å². The number of benzene rings is 3. The molecule has 0 atom stereocenters.